The molecular weight excluding hydrogens is 456 g/mol. The van der Waals surface area contributed by atoms with E-state index in [9.17, 15) is 8.42 Å². The lowest BCUT2D eigenvalue weighted by molar-refractivity contribution is -0.0444. The first-order valence-corrected chi connectivity index (χ1v) is 14.5. The van der Waals surface area contributed by atoms with Crippen molar-refractivity contribution in [2.24, 2.45) is 23.2 Å². The van der Waals surface area contributed by atoms with Crippen LogP contribution >= 0.6 is 0 Å². The smallest absolute Gasteiger partial charge is 0.243 e. The molecule has 4 saturated carbocycles. The zero-order valence-electron chi connectivity index (χ0n) is 20.0. The molecule has 35 heavy (non-hydrogen) atoms. The molecule has 0 saturated heterocycles. The highest BCUT2D eigenvalue weighted by atomic mass is 32.2. The van der Waals surface area contributed by atoms with Crippen LogP contribution in [-0.2, 0) is 23.0 Å². The van der Waals surface area contributed by atoms with Crippen molar-refractivity contribution in [1.29, 1.82) is 0 Å². The Hall–Kier alpha value is -2.51. The van der Waals surface area contributed by atoms with E-state index in [1.54, 1.807) is 22.8 Å². The SMILES string of the molecule is O=S(=O)(c1ccc2ccccc2c1)N1CCc2c(ncnc2NCC23CC4CC(CC(C4)C2)C3)C1. The van der Waals surface area contributed by atoms with Crippen LogP contribution in [0.25, 0.3) is 10.8 Å². The minimum absolute atomic E-state index is 0.291. The largest absolute Gasteiger partial charge is 0.369 e. The molecular formula is C28H32N4O2S. The minimum atomic E-state index is -3.60. The number of nitrogens with one attached hydrogen (secondary N) is 1. The third-order valence-electron chi connectivity index (χ3n) is 9.13. The van der Waals surface area contributed by atoms with E-state index in [1.807, 2.05) is 30.3 Å². The first-order chi connectivity index (χ1) is 17.0. The number of hydrogen-bond acceptors (Lipinski definition) is 5. The molecule has 0 atom stereocenters. The summed E-state index contributed by atoms with van der Waals surface area (Å²) >= 11 is 0. The number of aromatic nitrogens is 2. The van der Waals surface area contributed by atoms with E-state index in [1.165, 1.54) is 38.5 Å². The van der Waals surface area contributed by atoms with Gasteiger partial charge >= 0.3 is 0 Å². The van der Waals surface area contributed by atoms with Crippen molar-refractivity contribution in [3.8, 4) is 0 Å². The fourth-order valence-electron chi connectivity index (χ4n) is 7.94. The Kier molecular flexibility index (Phi) is 4.97. The quantitative estimate of drug-likeness (QED) is 0.547. The third kappa shape index (κ3) is 3.75. The van der Waals surface area contributed by atoms with Gasteiger partial charge < -0.3 is 5.32 Å². The molecule has 0 unspecified atom stereocenters. The number of fused-ring (bicyclic) bond motifs is 2. The van der Waals surface area contributed by atoms with Crippen molar-refractivity contribution in [2.45, 2.75) is 56.4 Å². The van der Waals surface area contributed by atoms with Crippen molar-refractivity contribution in [3.63, 3.8) is 0 Å². The van der Waals surface area contributed by atoms with Gasteiger partial charge in [-0.3, -0.25) is 0 Å². The zero-order valence-corrected chi connectivity index (χ0v) is 20.8. The van der Waals surface area contributed by atoms with Gasteiger partial charge in [0.2, 0.25) is 10.0 Å². The van der Waals surface area contributed by atoms with E-state index < -0.39 is 10.0 Å². The van der Waals surface area contributed by atoms with Crippen LogP contribution in [-0.4, -0.2) is 35.8 Å². The lowest BCUT2D eigenvalue weighted by atomic mass is 9.49. The second kappa shape index (κ2) is 8.00. The standard InChI is InChI=1S/C28H32N4O2S/c33-35(34,24-6-5-22-3-1-2-4-23(22)12-24)32-8-7-25-26(16-32)30-18-31-27(25)29-17-28-13-19-9-20(14-28)11-21(10-19)15-28/h1-6,12,18-21H,7-11,13-17H2,(H,29,30,31). The van der Waals surface area contributed by atoms with Gasteiger partial charge in [-0.2, -0.15) is 4.31 Å². The number of nitrogens with zero attached hydrogens (tertiary/aromatic N) is 3. The van der Waals surface area contributed by atoms with Crippen molar-refractivity contribution >= 4 is 26.6 Å². The van der Waals surface area contributed by atoms with Crippen LogP contribution in [0.15, 0.2) is 53.7 Å². The topological polar surface area (TPSA) is 75.2 Å². The van der Waals surface area contributed by atoms with Crippen molar-refractivity contribution in [3.05, 3.63) is 60.0 Å². The van der Waals surface area contributed by atoms with Crippen LogP contribution in [0.3, 0.4) is 0 Å². The summed E-state index contributed by atoms with van der Waals surface area (Å²) in [6.45, 7) is 1.72. The summed E-state index contributed by atoms with van der Waals surface area (Å²) in [6.07, 6.45) is 10.6. The molecule has 7 heteroatoms. The third-order valence-corrected chi connectivity index (χ3v) is 11.0. The maximum absolute atomic E-state index is 13.5. The zero-order chi connectivity index (χ0) is 23.6. The molecule has 8 rings (SSSR count). The van der Waals surface area contributed by atoms with Crippen LogP contribution < -0.4 is 5.32 Å². The number of rotatable bonds is 5. The molecule has 4 bridgehead atoms. The van der Waals surface area contributed by atoms with Gasteiger partial charge in [-0.05, 0) is 91.0 Å². The average molecular weight is 489 g/mol. The highest BCUT2D eigenvalue weighted by molar-refractivity contribution is 7.89. The average Bonchev–Trinajstić information content (AvgIpc) is 2.86. The second-order valence-electron chi connectivity index (χ2n) is 11.5. The Morgan fingerprint density at radius 2 is 1.66 bits per heavy atom. The van der Waals surface area contributed by atoms with E-state index in [-0.39, 0.29) is 0 Å². The Bertz CT molecular complexity index is 1370. The van der Waals surface area contributed by atoms with Crippen LogP contribution in [0, 0.1) is 23.2 Å². The predicted octanol–water partition coefficient (Wildman–Crippen LogP) is 5.01. The first kappa shape index (κ1) is 21.7. The Morgan fingerprint density at radius 1 is 0.943 bits per heavy atom. The summed E-state index contributed by atoms with van der Waals surface area (Å²) in [4.78, 5) is 9.44. The molecule has 1 aromatic heterocycles. The number of hydrogen-bond donors (Lipinski definition) is 1. The molecule has 4 aliphatic carbocycles. The fraction of sp³-hybridized carbons (Fsp3) is 0.500. The molecule has 5 aliphatic rings. The number of benzene rings is 2. The van der Waals surface area contributed by atoms with Gasteiger partial charge in [-0.1, -0.05) is 30.3 Å². The van der Waals surface area contributed by atoms with E-state index >= 15 is 0 Å². The Morgan fingerprint density at radius 3 is 2.40 bits per heavy atom. The minimum Gasteiger partial charge on any atom is -0.369 e. The molecule has 1 N–H and O–H groups in total. The van der Waals surface area contributed by atoms with Crippen LogP contribution in [0.4, 0.5) is 5.82 Å². The Labute approximate surface area is 207 Å². The van der Waals surface area contributed by atoms with E-state index in [4.69, 9.17) is 0 Å². The van der Waals surface area contributed by atoms with Crippen LogP contribution in [0.2, 0.25) is 0 Å². The monoisotopic (exact) mass is 488 g/mol. The molecule has 6 nitrogen and oxygen atoms in total. The molecule has 0 amide bonds. The highest BCUT2D eigenvalue weighted by Gasteiger charge is 2.50. The van der Waals surface area contributed by atoms with Gasteiger partial charge in [0, 0.05) is 18.7 Å². The maximum Gasteiger partial charge on any atom is 0.243 e. The van der Waals surface area contributed by atoms with Gasteiger partial charge in [0.15, 0.2) is 0 Å². The van der Waals surface area contributed by atoms with E-state index in [0.29, 0.717) is 29.8 Å². The van der Waals surface area contributed by atoms with E-state index in [0.717, 1.165) is 52.1 Å². The Balaban J connectivity index is 1.10. The number of sulfonamides is 1. The summed E-state index contributed by atoms with van der Waals surface area (Å²) in [5.74, 6) is 3.69. The second-order valence-corrected chi connectivity index (χ2v) is 13.5. The summed E-state index contributed by atoms with van der Waals surface area (Å²) in [6, 6.07) is 13.2. The van der Waals surface area contributed by atoms with Gasteiger partial charge in [0.25, 0.3) is 0 Å². The maximum atomic E-state index is 13.5. The van der Waals surface area contributed by atoms with Crippen LogP contribution in [0.1, 0.15) is 49.8 Å². The summed E-state index contributed by atoms with van der Waals surface area (Å²) < 4.78 is 28.5. The van der Waals surface area contributed by atoms with Crippen LogP contribution in [0.5, 0.6) is 0 Å². The number of anilines is 1. The molecule has 0 spiro atoms. The van der Waals surface area contributed by atoms with Gasteiger partial charge in [0.05, 0.1) is 17.1 Å². The fourth-order valence-corrected chi connectivity index (χ4v) is 9.38. The van der Waals surface area contributed by atoms with E-state index in [2.05, 4.69) is 15.3 Å². The van der Waals surface area contributed by atoms with Crippen molar-refractivity contribution in [1.82, 2.24) is 14.3 Å². The van der Waals surface area contributed by atoms with Gasteiger partial charge in [0.1, 0.15) is 12.1 Å². The molecule has 0 radical (unpaired) electrons. The summed E-state index contributed by atoms with van der Waals surface area (Å²) in [5.41, 5.74) is 2.33. The predicted molar refractivity (Wildman–Crippen MR) is 136 cm³/mol. The van der Waals surface area contributed by atoms with Gasteiger partial charge in [-0.25, -0.2) is 18.4 Å². The highest BCUT2D eigenvalue weighted by Crippen LogP contribution is 2.60. The normalized spacial score (nSPS) is 29.9. The molecule has 2 heterocycles. The summed E-state index contributed by atoms with van der Waals surface area (Å²) in [7, 11) is -3.60. The van der Waals surface area contributed by atoms with Gasteiger partial charge in [-0.15, -0.1) is 0 Å². The molecule has 2 aromatic carbocycles. The van der Waals surface area contributed by atoms with Crippen molar-refractivity contribution < 1.29 is 8.42 Å². The first-order valence-electron chi connectivity index (χ1n) is 13.0. The lowest BCUT2D eigenvalue weighted by Crippen LogP contribution is -2.49. The lowest BCUT2D eigenvalue weighted by Gasteiger charge is -2.57. The summed E-state index contributed by atoms with van der Waals surface area (Å²) in [5, 5.41) is 5.69. The van der Waals surface area contributed by atoms with Crippen molar-refractivity contribution in [2.75, 3.05) is 18.4 Å². The molecule has 1 aliphatic heterocycles. The molecule has 182 valence electrons. The molecule has 4 fully saturated rings. The molecule has 3 aromatic rings.